The van der Waals surface area contributed by atoms with Crippen molar-refractivity contribution in [1.29, 1.82) is 0 Å². The summed E-state index contributed by atoms with van der Waals surface area (Å²) in [7, 11) is 0. The highest BCUT2D eigenvalue weighted by Gasteiger charge is 2.19. The van der Waals surface area contributed by atoms with Gasteiger partial charge in [-0.3, -0.25) is 4.79 Å². The van der Waals surface area contributed by atoms with Crippen LogP contribution in [0.15, 0.2) is 30.3 Å². The van der Waals surface area contributed by atoms with Gasteiger partial charge in [0.15, 0.2) is 5.60 Å². The van der Waals surface area contributed by atoms with Gasteiger partial charge < -0.3 is 4.74 Å². The van der Waals surface area contributed by atoms with E-state index in [4.69, 9.17) is 4.74 Å². The van der Waals surface area contributed by atoms with Gasteiger partial charge in [-0.1, -0.05) is 18.2 Å². The molecule has 0 N–H and O–H groups in total. The van der Waals surface area contributed by atoms with Gasteiger partial charge in [0.25, 0.3) is 0 Å². The maximum absolute atomic E-state index is 10.4. The molecule has 1 rings (SSSR count). The average molecular weight is 163 g/mol. The quantitative estimate of drug-likeness (QED) is 0.680. The molecule has 0 aliphatic carbocycles. The lowest BCUT2D eigenvalue weighted by Gasteiger charge is -2.18. The van der Waals surface area contributed by atoms with Gasteiger partial charge in [-0.05, 0) is 26.0 Å². The lowest BCUT2D eigenvalue weighted by atomic mass is 10.2. The zero-order valence-electron chi connectivity index (χ0n) is 7.20. The molecule has 2 nitrogen and oxygen atoms in total. The van der Waals surface area contributed by atoms with E-state index in [1.807, 2.05) is 24.5 Å². The second kappa shape index (κ2) is 3.39. The second-order valence-corrected chi connectivity index (χ2v) is 3.03. The first kappa shape index (κ1) is 8.78. The molecule has 0 aliphatic heterocycles. The number of carbonyl (C=O) groups excluding carboxylic acids is 1. The molecule has 0 aromatic heterocycles. The normalized spacial score (nSPS) is 10.8. The molecule has 0 atom stereocenters. The summed E-state index contributed by atoms with van der Waals surface area (Å²) in [4.78, 5) is 10.4. The molecule has 0 spiro atoms. The van der Waals surface area contributed by atoms with Crippen molar-refractivity contribution in [2.24, 2.45) is 0 Å². The van der Waals surface area contributed by atoms with Gasteiger partial charge in [-0.15, -0.1) is 0 Å². The molecule has 0 bridgehead atoms. The lowest BCUT2D eigenvalue weighted by molar-refractivity contribution is 0.177. The van der Waals surface area contributed by atoms with Crippen LogP contribution in [0.1, 0.15) is 13.8 Å². The molecule has 0 saturated carbocycles. The predicted molar refractivity (Wildman–Crippen MR) is 46.8 cm³/mol. The van der Waals surface area contributed by atoms with E-state index in [0.717, 1.165) is 0 Å². The van der Waals surface area contributed by atoms with Gasteiger partial charge in [0, 0.05) is 0 Å². The Kier molecular flexibility index (Phi) is 2.48. The topological polar surface area (TPSA) is 26.3 Å². The van der Waals surface area contributed by atoms with Crippen LogP contribution in [-0.4, -0.2) is 11.9 Å². The standard InChI is InChI=1S/C10H11O2/c1-10(2,8-11)12-9-6-4-3-5-7-9/h3-7H,1-2H3. The largest absolute Gasteiger partial charge is 0.480 e. The number of rotatable bonds is 3. The van der Waals surface area contributed by atoms with Crippen molar-refractivity contribution in [2.45, 2.75) is 19.4 Å². The first-order valence-corrected chi connectivity index (χ1v) is 3.77. The summed E-state index contributed by atoms with van der Waals surface area (Å²) < 4.78 is 5.33. The third-order valence-corrected chi connectivity index (χ3v) is 1.36. The summed E-state index contributed by atoms with van der Waals surface area (Å²) in [6, 6.07) is 9.22. The summed E-state index contributed by atoms with van der Waals surface area (Å²) >= 11 is 0. The fourth-order valence-electron chi connectivity index (χ4n) is 0.804. The Morgan fingerprint density at radius 1 is 1.25 bits per heavy atom. The predicted octanol–water partition coefficient (Wildman–Crippen LogP) is 1.95. The monoisotopic (exact) mass is 163 g/mol. The fourth-order valence-corrected chi connectivity index (χ4v) is 0.804. The SMILES string of the molecule is CC(C)([C]=O)Oc1ccccc1. The molecular weight excluding hydrogens is 152 g/mol. The lowest BCUT2D eigenvalue weighted by Crippen LogP contribution is -2.29. The van der Waals surface area contributed by atoms with Gasteiger partial charge in [0.1, 0.15) is 5.75 Å². The van der Waals surface area contributed by atoms with E-state index in [2.05, 4.69) is 0 Å². The summed E-state index contributed by atoms with van der Waals surface area (Å²) in [5, 5.41) is 0. The van der Waals surface area contributed by atoms with Crippen molar-refractivity contribution in [2.75, 3.05) is 0 Å². The van der Waals surface area contributed by atoms with Gasteiger partial charge in [-0.25, -0.2) is 0 Å². The van der Waals surface area contributed by atoms with Crippen molar-refractivity contribution in [3.05, 3.63) is 30.3 Å². The fraction of sp³-hybridized carbons (Fsp3) is 0.300. The van der Waals surface area contributed by atoms with Crippen LogP contribution in [-0.2, 0) is 4.79 Å². The third kappa shape index (κ3) is 2.38. The molecule has 1 aromatic rings. The van der Waals surface area contributed by atoms with Gasteiger partial charge in [-0.2, -0.15) is 0 Å². The summed E-state index contributed by atoms with van der Waals surface area (Å²) in [6.45, 7) is 3.35. The number of para-hydroxylation sites is 1. The number of ether oxygens (including phenoxy) is 1. The van der Waals surface area contributed by atoms with Gasteiger partial charge in [0.2, 0.25) is 6.29 Å². The zero-order chi connectivity index (χ0) is 9.03. The summed E-state index contributed by atoms with van der Waals surface area (Å²) in [5.74, 6) is 0.686. The Hall–Kier alpha value is -1.31. The Balaban J connectivity index is 2.70. The van der Waals surface area contributed by atoms with Crippen molar-refractivity contribution in [3.63, 3.8) is 0 Å². The molecule has 0 saturated heterocycles. The van der Waals surface area contributed by atoms with Gasteiger partial charge >= 0.3 is 0 Å². The molecule has 1 aromatic carbocycles. The number of hydrogen-bond donors (Lipinski definition) is 0. The van der Waals surface area contributed by atoms with E-state index < -0.39 is 5.60 Å². The van der Waals surface area contributed by atoms with Crippen LogP contribution in [0, 0.1) is 0 Å². The van der Waals surface area contributed by atoms with E-state index in [-0.39, 0.29) is 0 Å². The molecule has 0 amide bonds. The highest BCUT2D eigenvalue weighted by molar-refractivity contribution is 5.62. The highest BCUT2D eigenvalue weighted by Crippen LogP contribution is 2.15. The molecule has 12 heavy (non-hydrogen) atoms. The van der Waals surface area contributed by atoms with Gasteiger partial charge in [0.05, 0.1) is 0 Å². The summed E-state index contributed by atoms with van der Waals surface area (Å²) in [6.07, 6.45) is 1.82. The summed E-state index contributed by atoms with van der Waals surface area (Å²) in [5.41, 5.74) is -0.860. The average Bonchev–Trinajstić information content (AvgIpc) is 2.06. The Morgan fingerprint density at radius 2 is 1.83 bits per heavy atom. The van der Waals surface area contributed by atoms with Crippen LogP contribution in [0.25, 0.3) is 0 Å². The van der Waals surface area contributed by atoms with Crippen LogP contribution >= 0.6 is 0 Å². The Labute approximate surface area is 72.2 Å². The van der Waals surface area contributed by atoms with E-state index in [1.165, 1.54) is 0 Å². The zero-order valence-corrected chi connectivity index (χ0v) is 7.20. The maximum atomic E-state index is 10.4. The maximum Gasteiger partial charge on any atom is 0.245 e. The van der Waals surface area contributed by atoms with E-state index >= 15 is 0 Å². The van der Waals surface area contributed by atoms with Crippen molar-refractivity contribution in [3.8, 4) is 5.75 Å². The molecule has 1 radical (unpaired) electrons. The molecule has 2 heteroatoms. The number of benzene rings is 1. The van der Waals surface area contributed by atoms with E-state index in [1.54, 1.807) is 26.0 Å². The highest BCUT2D eigenvalue weighted by atomic mass is 16.5. The second-order valence-electron chi connectivity index (χ2n) is 3.03. The van der Waals surface area contributed by atoms with Crippen LogP contribution in [0.4, 0.5) is 0 Å². The minimum Gasteiger partial charge on any atom is -0.480 e. The van der Waals surface area contributed by atoms with Crippen LogP contribution < -0.4 is 4.74 Å². The molecule has 0 heterocycles. The van der Waals surface area contributed by atoms with Crippen molar-refractivity contribution < 1.29 is 9.53 Å². The third-order valence-electron chi connectivity index (χ3n) is 1.36. The van der Waals surface area contributed by atoms with E-state index in [0.29, 0.717) is 5.75 Å². The number of hydrogen-bond acceptors (Lipinski definition) is 2. The molecular formula is C10H11O2. The Morgan fingerprint density at radius 3 is 2.33 bits per heavy atom. The van der Waals surface area contributed by atoms with Crippen molar-refractivity contribution in [1.82, 2.24) is 0 Å². The molecule has 0 unspecified atom stereocenters. The van der Waals surface area contributed by atoms with Crippen LogP contribution in [0.5, 0.6) is 5.75 Å². The van der Waals surface area contributed by atoms with E-state index in [9.17, 15) is 4.79 Å². The molecule has 0 aliphatic rings. The minimum atomic E-state index is -0.860. The first-order chi connectivity index (χ1) is 5.64. The van der Waals surface area contributed by atoms with Crippen LogP contribution in [0.3, 0.4) is 0 Å². The Bertz CT molecular complexity index is 252. The smallest absolute Gasteiger partial charge is 0.245 e. The molecule has 0 fully saturated rings. The first-order valence-electron chi connectivity index (χ1n) is 3.77. The van der Waals surface area contributed by atoms with Crippen LogP contribution in [0.2, 0.25) is 0 Å². The molecule has 63 valence electrons. The minimum absolute atomic E-state index is 0.686. The van der Waals surface area contributed by atoms with Crippen molar-refractivity contribution >= 4 is 6.29 Å².